The number of rotatable bonds is 5. The van der Waals surface area contributed by atoms with Gasteiger partial charge in [0.25, 0.3) is 0 Å². The molecule has 1 aromatic rings. The largest absolute Gasteiger partial charge is 0.497 e. The number of hydrogen-bond donors (Lipinski definition) is 1. The van der Waals surface area contributed by atoms with Crippen LogP contribution < -0.4 is 4.74 Å². The van der Waals surface area contributed by atoms with E-state index in [2.05, 4.69) is 21.9 Å². The first-order valence-electron chi connectivity index (χ1n) is 10.2. The molecule has 2 saturated heterocycles. The van der Waals surface area contributed by atoms with Crippen molar-refractivity contribution in [1.29, 1.82) is 0 Å². The number of fused-ring (bicyclic) bond motifs is 1. The molecule has 30 heavy (non-hydrogen) atoms. The van der Waals surface area contributed by atoms with Crippen molar-refractivity contribution in [2.75, 3.05) is 20.2 Å². The summed E-state index contributed by atoms with van der Waals surface area (Å²) in [7, 11) is 1.70. The average Bonchev–Trinajstić information content (AvgIpc) is 3.43. The lowest BCUT2D eigenvalue weighted by Crippen LogP contribution is -2.52. The third kappa shape index (κ3) is 5.65. The van der Waals surface area contributed by atoms with E-state index in [9.17, 15) is 18.0 Å². The van der Waals surface area contributed by atoms with E-state index in [4.69, 9.17) is 14.6 Å². The number of amides is 1. The highest BCUT2D eigenvalue weighted by molar-refractivity contribution is 5.77. The Hall–Kier alpha value is -2.29. The molecule has 6 nitrogen and oxygen atoms in total. The number of carbonyl (C=O) groups excluding carboxylic acids is 1. The van der Waals surface area contributed by atoms with Gasteiger partial charge in [-0.1, -0.05) is 12.1 Å². The van der Waals surface area contributed by atoms with Crippen LogP contribution in [0.25, 0.3) is 0 Å². The van der Waals surface area contributed by atoms with Crippen molar-refractivity contribution in [3.8, 4) is 5.75 Å². The first kappa shape index (κ1) is 22.4. The van der Waals surface area contributed by atoms with Crippen molar-refractivity contribution in [2.24, 2.45) is 5.92 Å². The number of hydrogen-bond acceptors (Lipinski definition) is 4. The molecule has 2 atom stereocenters. The molecule has 0 bridgehead atoms. The lowest BCUT2D eigenvalue weighted by Gasteiger charge is -2.40. The van der Waals surface area contributed by atoms with Crippen LogP contribution in [0.4, 0.5) is 13.2 Å². The molecule has 0 radical (unpaired) electrons. The molecule has 1 N–H and O–H groups in total. The Balaban J connectivity index is 0.000000318. The Morgan fingerprint density at radius 2 is 1.77 bits per heavy atom. The molecule has 9 heteroatoms. The summed E-state index contributed by atoms with van der Waals surface area (Å²) in [6, 6.07) is 9.38. The normalized spacial score (nSPS) is 24.1. The van der Waals surface area contributed by atoms with Crippen molar-refractivity contribution >= 4 is 11.9 Å². The number of aliphatic carboxylic acids is 1. The third-order valence-corrected chi connectivity index (χ3v) is 5.94. The van der Waals surface area contributed by atoms with Crippen molar-refractivity contribution in [1.82, 2.24) is 9.80 Å². The third-order valence-electron chi connectivity index (χ3n) is 5.94. The molecule has 0 unspecified atom stereocenters. The standard InChI is InChI=1S/C19H26N2O2.C2HF3O2/c1-23-16-6-4-14(5-7-16)12-20-11-10-18-17(20)8-9-19(22)21(18)13-15-2-3-15;3-2(4,5)1(6)7/h4-7,15,17-18H,2-3,8-13H2,1H3;(H,6,7)/t17-,18-;/m1./s1. The molecule has 3 aliphatic rings. The highest BCUT2D eigenvalue weighted by Gasteiger charge is 2.44. The van der Waals surface area contributed by atoms with Crippen LogP contribution in [0.1, 0.15) is 37.7 Å². The SMILES string of the molecule is COc1ccc(CN2CC[C@@H]3[C@H]2CCC(=O)N3CC2CC2)cc1.O=C(O)C(F)(F)F. The van der Waals surface area contributed by atoms with Gasteiger partial charge in [-0.2, -0.15) is 13.2 Å². The molecule has 0 spiro atoms. The second kappa shape index (κ2) is 9.24. The maximum Gasteiger partial charge on any atom is 0.490 e. The molecule has 4 rings (SSSR count). The zero-order valence-corrected chi connectivity index (χ0v) is 16.9. The lowest BCUT2D eigenvalue weighted by atomic mass is 9.95. The van der Waals surface area contributed by atoms with E-state index < -0.39 is 12.1 Å². The maximum absolute atomic E-state index is 12.3. The van der Waals surface area contributed by atoms with Crippen LogP contribution in [0, 0.1) is 5.92 Å². The van der Waals surface area contributed by atoms with Crippen molar-refractivity contribution in [3.05, 3.63) is 29.8 Å². The molecule has 1 aromatic carbocycles. The number of halogens is 3. The van der Waals surface area contributed by atoms with Gasteiger partial charge in [-0.15, -0.1) is 0 Å². The predicted molar refractivity (Wildman–Crippen MR) is 103 cm³/mol. The van der Waals surface area contributed by atoms with Gasteiger partial charge in [0.2, 0.25) is 5.91 Å². The number of piperidine rings is 1. The Bertz CT molecular complexity index is 750. The summed E-state index contributed by atoms with van der Waals surface area (Å²) >= 11 is 0. The van der Waals surface area contributed by atoms with E-state index in [-0.39, 0.29) is 0 Å². The van der Waals surface area contributed by atoms with Gasteiger partial charge in [0, 0.05) is 38.1 Å². The monoisotopic (exact) mass is 428 g/mol. The molecule has 0 aromatic heterocycles. The molecule has 2 aliphatic heterocycles. The van der Waals surface area contributed by atoms with E-state index in [1.54, 1.807) is 7.11 Å². The zero-order chi connectivity index (χ0) is 21.9. The Labute approximate surface area is 173 Å². The smallest absolute Gasteiger partial charge is 0.490 e. The molecule has 166 valence electrons. The van der Waals surface area contributed by atoms with Crippen LogP contribution in [-0.2, 0) is 16.1 Å². The molecular formula is C21H27F3N2O4. The number of alkyl halides is 3. The number of benzene rings is 1. The highest BCUT2D eigenvalue weighted by Crippen LogP contribution is 2.37. The maximum atomic E-state index is 12.3. The molecular weight excluding hydrogens is 401 g/mol. The summed E-state index contributed by atoms with van der Waals surface area (Å²) in [4.78, 5) is 26.0. The summed E-state index contributed by atoms with van der Waals surface area (Å²) in [5, 5.41) is 7.12. The van der Waals surface area contributed by atoms with Gasteiger partial charge in [-0.05, 0) is 49.3 Å². The van der Waals surface area contributed by atoms with Crippen LogP contribution in [0.5, 0.6) is 5.75 Å². The van der Waals surface area contributed by atoms with E-state index in [1.807, 2.05) is 12.1 Å². The van der Waals surface area contributed by atoms with Gasteiger partial charge in [-0.25, -0.2) is 4.79 Å². The fraction of sp³-hybridized carbons (Fsp3) is 0.619. The molecule has 1 amide bonds. The summed E-state index contributed by atoms with van der Waals surface area (Å²) in [5.41, 5.74) is 1.33. The minimum Gasteiger partial charge on any atom is -0.497 e. The molecule has 1 aliphatic carbocycles. The number of carboxylic acid groups (broad SMARTS) is 1. The van der Waals surface area contributed by atoms with Crippen LogP contribution in [-0.4, -0.2) is 65.2 Å². The summed E-state index contributed by atoms with van der Waals surface area (Å²) < 4.78 is 37.0. The minimum atomic E-state index is -5.08. The quantitative estimate of drug-likeness (QED) is 0.779. The number of carbonyl (C=O) groups is 2. The number of methoxy groups -OCH3 is 1. The number of likely N-dealkylation sites (tertiary alicyclic amines) is 2. The van der Waals surface area contributed by atoms with Gasteiger partial charge in [0.15, 0.2) is 0 Å². The van der Waals surface area contributed by atoms with Gasteiger partial charge in [-0.3, -0.25) is 9.69 Å². The van der Waals surface area contributed by atoms with Gasteiger partial charge in [0.1, 0.15) is 5.75 Å². The summed E-state index contributed by atoms with van der Waals surface area (Å²) in [6.07, 6.45) is 0.445. The Morgan fingerprint density at radius 3 is 2.30 bits per heavy atom. The Morgan fingerprint density at radius 1 is 1.13 bits per heavy atom. The lowest BCUT2D eigenvalue weighted by molar-refractivity contribution is -0.192. The van der Waals surface area contributed by atoms with Crippen LogP contribution in [0.3, 0.4) is 0 Å². The first-order valence-corrected chi connectivity index (χ1v) is 10.2. The first-order chi connectivity index (χ1) is 14.2. The van der Waals surface area contributed by atoms with Crippen LogP contribution in [0.15, 0.2) is 24.3 Å². The second-order valence-corrected chi connectivity index (χ2v) is 8.07. The zero-order valence-electron chi connectivity index (χ0n) is 16.9. The van der Waals surface area contributed by atoms with Crippen LogP contribution >= 0.6 is 0 Å². The van der Waals surface area contributed by atoms with E-state index in [0.717, 1.165) is 50.6 Å². The van der Waals surface area contributed by atoms with Gasteiger partial charge >= 0.3 is 12.1 Å². The fourth-order valence-electron chi connectivity index (χ4n) is 4.22. The van der Waals surface area contributed by atoms with E-state index >= 15 is 0 Å². The average molecular weight is 428 g/mol. The van der Waals surface area contributed by atoms with E-state index in [1.165, 1.54) is 18.4 Å². The highest BCUT2D eigenvalue weighted by atomic mass is 19.4. The Kier molecular flexibility index (Phi) is 6.90. The summed E-state index contributed by atoms with van der Waals surface area (Å²) in [5.74, 6) is -0.669. The molecule has 3 fully saturated rings. The number of carboxylic acids is 1. The summed E-state index contributed by atoms with van der Waals surface area (Å²) in [6.45, 7) is 3.10. The van der Waals surface area contributed by atoms with Gasteiger partial charge < -0.3 is 14.7 Å². The topological polar surface area (TPSA) is 70.1 Å². The van der Waals surface area contributed by atoms with Crippen molar-refractivity contribution in [2.45, 2.75) is 56.9 Å². The fourth-order valence-corrected chi connectivity index (χ4v) is 4.22. The molecule has 1 saturated carbocycles. The second-order valence-electron chi connectivity index (χ2n) is 8.07. The van der Waals surface area contributed by atoms with Crippen LogP contribution in [0.2, 0.25) is 0 Å². The van der Waals surface area contributed by atoms with Crippen molar-refractivity contribution < 1.29 is 32.6 Å². The minimum absolute atomic E-state index is 0.393. The predicted octanol–water partition coefficient (Wildman–Crippen LogP) is 3.30. The number of ether oxygens (including phenoxy) is 1. The van der Waals surface area contributed by atoms with Gasteiger partial charge in [0.05, 0.1) is 7.11 Å². The molecule has 2 heterocycles. The van der Waals surface area contributed by atoms with E-state index in [0.29, 0.717) is 18.0 Å². The number of nitrogens with zero attached hydrogens (tertiary/aromatic N) is 2. The van der Waals surface area contributed by atoms with Crippen molar-refractivity contribution in [3.63, 3.8) is 0 Å².